The molecule has 0 unspecified atom stereocenters. The first-order chi connectivity index (χ1) is 12.2. The molecule has 0 saturated carbocycles. The van der Waals surface area contributed by atoms with Crippen LogP contribution in [0.1, 0.15) is 16.4 Å². The fourth-order valence-electron chi connectivity index (χ4n) is 1.83. The van der Waals surface area contributed by atoms with Gasteiger partial charge in [-0.1, -0.05) is 17.7 Å². The van der Waals surface area contributed by atoms with Crippen LogP contribution in [-0.4, -0.2) is 27.7 Å². The lowest BCUT2D eigenvalue weighted by Gasteiger charge is -1.99. The van der Waals surface area contributed by atoms with Gasteiger partial charge in [-0.05, 0) is 24.3 Å². The molecule has 0 atom stereocenters. The third kappa shape index (κ3) is 4.43. The van der Waals surface area contributed by atoms with Crippen LogP contribution in [0.15, 0.2) is 46.7 Å². The minimum atomic E-state index is -0.561. The van der Waals surface area contributed by atoms with Crippen molar-refractivity contribution in [2.24, 2.45) is 0 Å². The van der Waals surface area contributed by atoms with Gasteiger partial charge in [0, 0.05) is 22.5 Å². The summed E-state index contributed by atoms with van der Waals surface area (Å²) in [4.78, 5) is 16.1. The van der Waals surface area contributed by atoms with E-state index < -0.39 is 5.97 Å². The predicted octanol–water partition coefficient (Wildman–Crippen LogP) is 3.80. The Balaban J connectivity index is 1.58. The van der Waals surface area contributed by atoms with Crippen LogP contribution in [-0.2, 0) is 11.3 Å². The maximum atomic E-state index is 12.0. The monoisotopic (exact) mass is 376 g/mol. The van der Waals surface area contributed by atoms with E-state index in [-0.39, 0.29) is 18.2 Å². The zero-order chi connectivity index (χ0) is 17.6. The highest BCUT2D eigenvalue weighted by Crippen LogP contribution is 2.21. The van der Waals surface area contributed by atoms with E-state index in [1.807, 2.05) is 0 Å². The van der Waals surface area contributed by atoms with E-state index >= 15 is 0 Å². The van der Waals surface area contributed by atoms with E-state index in [0.717, 1.165) is 5.56 Å². The molecule has 128 valence electrons. The minimum absolute atomic E-state index is 0.133. The zero-order valence-corrected chi connectivity index (χ0v) is 14.5. The summed E-state index contributed by atoms with van der Waals surface area (Å²) in [6.07, 6.45) is 1.70. The summed E-state index contributed by atoms with van der Waals surface area (Å²) in [7, 11) is 0. The van der Waals surface area contributed by atoms with Crippen LogP contribution in [0, 0.1) is 0 Å². The molecule has 0 aliphatic rings. The lowest BCUT2D eigenvalue weighted by Crippen LogP contribution is -2.06. The van der Waals surface area contributed by atoms with E-state index in [1.165, 1.54) is 11.3 Å². The number of hydrogen-bond acceptors (Lipinski definition) is 8. The van der Waals surface area contributed by atoms with Gasteiger partial charge in [0.05, 0.1) is 0 Å². The van der Waals surface area contributed by atoms with Gasteiger partial charge in [0.1, 0.15) is 0 Å². The number of carbonyl (C=O) groups is 1. The summed E-state index contributed by atoms with van der Waals surface area (Å²) in [6, 6.07) is 6.97. The number of aromatic nitrogens is 3. The van der Waals surface area contributed by atoms with Crippen molar-refractivity contribution in [2.75, 3.05) is 11.9 Å². The largest absolute Gasteiger partial charge is 0.451 e. The summed E-state index contributed by atoms with van der Waals surface area (Å²) in [6.45, 7) is 4.04. The van der Waals surface area contributed by atoms with Gasteiger partial charge >= 0.3 is 5.97 Å². The summed E-state index contributed by atoms with van der Waals surface area (Å²) in [5.74, 6) is -0.0417. The van der Waals surface area contributed by atoms with Gasteiger partial charge in [0.2, 0.25) is 5.89 Å². The first-order valence-electron chi connectivity index (χ1n) is 7.21. The molecule has 0 bridgehead atoms. The molecule has 0 saturated heterocycles. The number of esters is 1. The molecule has 0 radical (unpaired) electrons. The first kappa shape index (κ1) is 17.1. The van der Waals surface area contributed by atoms with Crippen molar-refractivity contribution in [1.29, 1.82) is 0 Å². The van der Waals surface area contributed by atoms with Crippen molar-refractivity contribution in [2.45, 2.75) is 6.61 Å². The van der Waals surface area contributed by atoms with Crippen LogP contribution in [0.25, 0.3) is 11.5 Å². The van der Waals surface area contributed by atoms with Crippen molar-refractivity contribution in [3.63, 3.8) is 0 Å². The Morgan fingerprint density at radius 2 is 2.16 bits per heavy atom. The Kier molecular flexibility index (Phi) is 5.42. The van der Waals surface area contributed by atoms with Crippen molar-refractivity contribution in [3.8, 4) is 11.5 Å². The topological polar surface area (TPSA) is 90.1 Å². The van der Waals surface area contributed by atoms with E-state index in [0.29, 0.717) is 22.6 Å². The van der Waals surface area contributed by atoms with Crippen LogP contribution >= 0.6 is 22.9 Å². The highest BCUT2D eigenvalue weighted by molar-refractivity contribution is 7.13. The highest BCUT2D eigenvalue weighted by Gasteiger charge is 2.15. The summed E-state index contributed by atoms with van der Waals surface area (Å²) in [5.41, 5.74) is 0.945. The molecule has 0 spiro atoms. The van der Waals surface area contributed by atoms with Gasteiger partial charge in [-0.3, -0.25) is 0 Å². The van der Waals surface area contributed by atoms with E-state index in [1.54, 1.807) is 35.7 Å². The molecular weight excluding hydrogens is 364 g/mol. The lowest BCUT2D eigenvalue weighted by atomic mass is 10.2. The Morgan fingerprint density at radius 1 is 1.36 bits per heavy atom. The summed E-state index contributed by atoms with van der Waals surface area (Å²) >= 11 is 7.15. The van der Waals surface area contributed by atoms with Crippen molar-refractivity contribution in [1.82, 2.24) is 15.2 Å². The van der Waals surface area contributed by atoms with Gasteiger partial charge in [-0.15, -0.1) is 28.1 Å². The molecular formula is C16H13ClN4O3S. The Hall–Kier alpha value is -2.71. The molecule has 0 aliphatic carbocycles. The van der Waals surface area contributed by atoms with Crippen LogP contribution in [0.4, 0.5) is 5.13 Å². The standard InChI is InChI=1S/C16H13ClN4O3S/c1-2-7-18-16-19-12(9-25-16)15(22)23-8-13-20-21-14(24-13)10-3-5-11(17)6-4-10/h2-6,9H,1,7-8H2,(H,18,19). The number of thiazole rings is 1. The molecule has 0 aliphatic heterocycles. The molecule has 2 aromatic heterocycles. The molecule has 2 heterocycles. The van der Waals surface area contributed by atoms with Gasteiger partial charge in [-0.2, -0.15) is 0 Å². The second kappa shape index (κ2) is 7.91. The molecule has 25 heavy (non-hydrogen) atoms. The van der Waals surface area contributed by atoms with Crippen molar-refractivity contribution in [3.05, 3.63) is 58.9 Å². The quantitative estimate of drug-likeness (QED) is 0.495. The number of nitrogens with zero attached hydrogens (tertiary/aromatic N) is 3. The van der Waals surface area contributed by atoms with Gasteiger partial charge in [0.15, 0.2) is 17.4 Å². The van der Waals surface area contributed by atoms with Crippen LogP contribution in [0.5, 0.6) is 0 Å². The fourth-order valence-corrected chi connectivity index (χ4v) is 2.65. The highest BCUT2D eigenvalue weighted by atomic mass is 35.5. The Bertz CT molecular complexity index is 876. The average molecular weight is 377 g/mol. The van der Waals surface area contributed by atoms with Crippen molar-refractivity contribution >= 4 is 34.0 Å². The normalized spacial score (nSPS) is 10.4. The molecule has 0 fully saturated rings. The predicted molar refractivity (Wildman–Crippen MR) is 94.7 cm³/mol. The summed E-state index contributed by atoms with van der Waals surface area (Å²) in [5, 5.41) is 13.6. The maximum Gasteiger partial charge on any atom is 0.358 e. The molecule has 3 aromatic rings. The lowest BCUT2D eigenvalue weighted by molar-refractivity contribution is 0.0433. The van der Waals surface area contributed by atoms with Crippen molar-refractivity contribution < 1.29 is 13.9 Å². The number of carbonyl (C=O) groups excluding carboxylic acids is 1. The molecule has 9 heteroatoms. The van der Waals surface area contributed by atoms with Gasteiger partial charge in [-0.25, -0.2) is 9.78 Å². The second-order valence-electron chi connectivity index (χ2n) is 4.79. The van der Waals surface area contributed by atoms with E-state index in [9.17, 15) is 4.79 Å². The van der Waals surface area contributed by atoms with Crippen LogP contribution < -0.4 is 5.32 Å². The molecule has 1 N–H and O–H groups in total. The number of ether oxygens (including phenoxy) is 1. The number of benzene rings is 1. The number of anilines is 1. The Labute approximate surface area is 152 Å². The first-order valence-corrected chi connectivity index (χ1v) is 8.47. The van der Waals surface area contributed by atoms with Crippen LogP contribution in [0.2, 0.25) is 5.02 Å². The zero-order valence-electron chi connectivity index (χ0n) is 12.9. The number of nitrogens with one attached hydrogen (secondary N) is 1. The maximum absolute atomic E-state index is 12.0. The van der Waals surface area contributed by atoms with Crippen LogP contribution in [0.3, 0.4) is 0 Å². The van der Waals surface area contributed by atoms with E-state index in [2.05, 4.69) is 27.1 Å². The molecule has 0 amide bonds. The molecule has 3 rings (SSSR count). The second-order valence-corrected chi connectivity index (χ2v) is 6.09. The van der Waals surface area contributed by atoms with Gasteiger partial charge < -0.3 is 14.5 Å². The third-order valence-electron chi connectivity index (χ3n) is 3.00. The smallest absolute Gasteiger partial charge is 0.358 e. The number of rotatable bonds is 7. The number of hydrogen-bond donors (Lipinski definition) is 1. The molecule has 1 aromatic carbocycles. The third-order valence-corrected chi connectivity index (χ3v) is 4.05. The Morgan fingerprint density at radius 3 is 2.92 bits per heavy atom. The average Bonchev–Trinajstić information content (AvgIpc) is 3.28. The fraction of sp³-hybridized carbons (Fsp3) is 0.125. The minimum Gasteiger partial charge on any atom is -0.451 e. The number of halogens is 1. The van der Waals surface area contributed by atoms with Gasteiger partial charge in [0.25, 0.3) is 5.89 Å². The summed E-state index contributed by atoms with van der Waals surface area (Å²) < 4.78 is 10.6. The SMILES string of the molecule is C=CCNc1nc(C(=O)OCc2nnc(-c3ccc(Cl)cc3)o2)cs1. The molecule has 7 nitrogen and oxygen atoms in total. The van der Waals surface area contributed by atoms with E-state index in [4.69, 9.17) is 20.8 Å².